The van der Waals surface area contributed by atoms with E-state index >= 15 is 0 Å². The lowest BCUT2D eigenvalue weighted by atomic mass is 9.98. The van der Waals surface area contributed by atoms with Gasteiger partial charge in [0.15, 0.2) is 0 Å². The number of nitrogens with zero attached hydrogens (tertiary/aromatic N) is 2. The van der Waals surface area contributed by atoms with E-state index in [1.807, 2.05) is 30.0 Å². The molecule has 0 saturated carbocycles. The van der Waals surface area contributed by atoms with Crippen LogP contribution < -0.4 is 0 Å². The molecule has 6 heteroatoms. The van der Waals surface area contributed by atoms with Crippen LogP contribution in [0.1, 0.15) is 41.4 Å². The van der Waals surface area contributed by atoms with Crippen molar-refractivity contribution in [2.75, 3.05) is 19.7 Å². The van der Waals surface area contributed by atoms with Gasteiger partial charge in [0.25, 0.3) is 5.91 Å². The van der Waals surface area contributed by atoms with Crippen LogP contribution in [0.5, 0.6) is 0 Å². The molecule has 1 aromatic carbocycles. The Bertz CT molecular complexity index is 1040. The second-order valence-electron chi connectivity index (χ2n) is 7.57. The van der Waals surface area contributed by atoms with E-state index in [1.54, 1.807) is 11.3 Å². The number of aryl methyl sites for hydroxylation is 1. The van der Waals surface area contributed by atoms with Gasteiger partial charge < -0.3 is 14.2 Å². The molecule has 1 saturated heterocycles. The first-order chi connectivity index (χ1) is 14.1. The number of rotatable bonds is 5. The van der Waals surface area contributed by atoms with Crippen LogP contribution in [0.4, 0.5) is 0 Å². The highest BCUT2D eigenvalue weighted by Gasteiger charge is 2.31. The number of esters is 1. The molecule has 1 fully saturated rings. The average molecular weight is 411 g/mol. The summed E-state index contributed by atoms with van der Waals surface area (Å²) in [7, 11) is 0. The maximum atomic E-state index is 13.4. The van der Waals surface area contributed by atoms with Crippen molar-refractivity contribution in [3.63, 3.8) is 0 Å². The van der Waals surface area contributed by atoms with Gasteiger partial charge in [-0.3, -0.25) is 9.59 Å². The van der Waals surface area contributed by atoms with Crippen LogP contribution >= 0.6 is 11.3 Å². The highest BCUT2D eigenvalue weighted by molar-refractivity contribution is 7.16. The van der Waals surface area contributed by atoms with Gasteiger partial charge in [-0.2, -0.15) is 0 Å². The Morgan fingerprint density at radius 3 is 2.86 bits per heavy atom. The lowest BCUT2D eigenvalue weighted by Crippen LogP contribution is -2.43. The molecule has 5 nitrogen and oxygen atoms in total. The summed E-state index contributed by atoms with van der Waals surface area (Å²) in [6.07, 6.45) is 1.60. The molecule has 0 radical (unpaired) electrons. The van der Waals surface area contributed by atoms with E-state index in [9.17, 15) is 9.59 Å². The first-order valence-corrected chi connectivity index (χ1v) is 11.0. The van der Waals surface area contributed by atoms with E-state index in [4.69, 9.17) is 4.74 Å². The molecule has 2 aromatic heterocycles. The van der Waals surface area contributed by atoms with Crippen molar-refractivity contribution < 1.29 is 14.3 Å². The zero-order valence-electron chi connectivity index (χ0n) is 16.9. The van der Waals surface area contributed by atoms with Crippen LogP contribution in [0.25, 0.3) is 10.2 Å². The third-order valence-electron chi connectivity index (χ3n) is 5.64. The third kappa shape index (κ3) is 3.94. The number of thiophene rings is 1. The molecule has 29 heavy (non-hydrogen) atoms. The number of carbonyl (C=O) groups excluding carboxylic acids is 2. The molecule has 0 N–H and O–H groups in total. The first kappa shape index (κ1) is 19.7. The maximum Gasteiger partial charge on any atom is 0.310 e. The monoisotopic (exact) mass is 410 g/mol. The van der Waals surface area contributed by atoms with Crippen LogP contribution in [0, 0.1) is 12.8 Å². The zero-order valence-corrected chi connectivity index (χ0v) is 17.7. The molecule has 1 aliphatic rings. The number of benzene rings is 1. The first-order valence-electron chi connectivity index (χ1n) is 10.2. The fraction of sp³-hybridized carbons (Fsp3) is 0.391. The minimum atomic E-state index is -0.228. The summed E-state index contributed by atoms with van der Waals surface area (Å²) in [6, 6.07) is 12.3. The number of ether oxygens (including phenoxy) is 1. The van der Waals surface area contributed by atoms with Crippen molar-refractivity contribution in [3.05, 3.63) is 58.6 Å². The quantitative estimate of drug-likeness (QED) is 0.583. The number of aromatic nitrogens is 1. The van der Waals surface area contributed by atoms with Crippen molar-refractivity contribution in [1.82, 2.24) is 9.47 Å². The van der Waals surface area contributed by atoms with E-state index in [-0.39, 0.29) is 17.8 Å². The molecule has 3 heterocycles. The summed E-state index contributed by atoms with van der Waals surface area (Å²) in [5, 5.41) is 3.15. The second kappa shape index (κ2) is 8.41. The highest BCUT2D eigenvalue weighted by Crippen LogP contribution is 2.29. The van der Waals surface area contributed by atoms with E-state index in [1.165, 1.54) is 11.1 Å². The molecule has 4 rings (SSSR count). The van der Waals surface area contributed by atoms with Crippen molar-refractivity contribution in [3.8, 4) is 0 Å². The van der Waals surface area contributed by atoms with Gasteiger partial charge in [0.2, 0.25) is 0 Å². The predicted octanol–water partition coefficient (Wildman–Crippen LogP) is 4.47. The van der Waals surface area contributed by atoms with Gasteiger partial charge in [0.05, 0.1) is 12.5 Å². The van der Waals surface area contributed by atoms with Gasteiger partial charge in [0.1, 0.15) is 10.5 Å². The second-order valence-corrected chi connectivity index (χ2v) is 8.46. The molecule has 1 unspecified atom stereocenters. The minimum absolute atomic E-state index is 0.00372. The molecular weight excluding hydrogens is 384 g/mol. The van der Waals surface area contributed by atoms with E-state index in [0.717, 1.165) is 23.1 Å². The molecule has 152 valence electrons. The summed E-state index contributed by atoms with van der Waals surface area (Å²) < 4.78 is 7.31. The Hall–Kier alpha value is -2.60. The number of amides is 1. The van der Waals surface area contributed by atoms with Gasteiger partial charge >= 0.3 is 5.97 Å². The third-order valence-corrected chi connectivity index (χ3v) is 6.59. The summed E-state index contributed by atoms with van der Waals surface area (Å²) >= 11 is 1.65. The Morgan fingerprint density at radius 1 is 1.24 bits per heavy atom. The van der Waals surface area contributed by atoms with Crippen LogP contribution in [0.3, 0.4) is 0 Å². The molecule has 1 aliphatic heterocycles. The Morgan fingerprint density at radius 2 is 2.07 bits per heavy atom. The molecule has 1 amide bonds. The van der Waals surface area contributed by atoms with Crippen LogP contribution in [-0.2, 0) is 16.1 Å². The number of hydrogen-bond acceptors (Lipinski definition) is 4. The van der Waals surface area contributed by atoms with Crippen molar-refractivity contribution in [1.29, 1.82) is 0 Å². The van der Waals surface area contributed by atoms with Crippen LogP contribution in [0.15, 0.2) is 41.8 Å². The topological polar surface area (TPSA) is 51.5 Å². The SMILES string of the molecule is CCOC(=O)C1CCCN(C(=O)c2cc3ccsc3n2Cc2ccccc2C)C1. The summed E-state index contributed by atoms with van der Waals surface area (Å²) in [5.41, 5.74) is 3.11. The van der Waals surface area contributed by atoms with Crippen LogP contribution in [0.2, 0.25) is 0 Å². The highest BCUT2D eigenvalue weighted by atomic mass is 32.1. The molecular formula is C23H26N2O3S. The molecule has 0 aliphatic carbocycles. The van der Waals surface area contributed by atoms with Crippen molar-refractivity contribution >= 4 is 33.4 Å². The number of fused-ring (bicyclic) bond motifs is 1. The number of carbonyl (C=O) groups is 2. The number of piperidine rings is 1. The largest absolute Gasteiger partial charge is 0.466 e. The van der Waals surface area contributed by atoms with Crippen LogP contribution in [-0.4, -0.2) is 41.0 Å². The van der Waals surface area contributed by atoms with E-state index in [0.29, 0.717) is 31.9 Å². The number of hydrogen-bond donors (Lipinski definition) is 0. The van der Waals surface area contributed by atoms with Gasteiger partial charge in [-0.05, 0) is 55.3 Å². The average Bonchev–Trinajstić information content (AvgIpc) is 3.32. The Balaban J connectivity index is 1.63. The lowest BCUT2D eigenvalue weighted by molar-refractivity contribution is -0.149. The van der Waals surface area contributed by atoms with E-state index < -0.39 is 0 Å². The van der Waals surface area contributed by atoms with Gasteiger partial charge in [-0.25, -0.2) is 0 Å². The predicted molar refractivity (Wildman–Crippen MR) is 115 cm³/mol. The van der Waals surface area contributed by atoms with Crippen molar-refractivity contribution in [2.24, 2.45) is 5.92 Å². The lowest BCUT2D eigenvalue weighted by Gasteiger charge is -2.31. The van der Waals surface area contributed by atoms with Gasteiger partial charge in [-0.15, -0.1) is 11.3 Å². The molecule has 0 spiro atoms. The molecule has 0 bridgehead atoms. The standard InChI is InChI=1S/C23H26N2O3S/c1-3-28-23(27)19-9-6-11-24(14-19)21(26)20-13-17-10-12-29-22(17)25(20)15-18-8-5-4-7-16(18)2/h4-5,7-8,10,12-13,19H,3,6,9,11,14-15H2,1-2H3. The van der Waals surface area contributed by atoms with Gasteiger partial charge in [-0.1, -0.05) is 24.3 Å². The maximum absolute atomic E-state index is 13.4. The smallest absolute Gasteiger partial charge is 0.310 e. The normalized spacial score (nSPS) is 16.9. The fourth-order valence-corrected chi connectivity index (χ4v) is 4.94. The molecule has 3 aromatic rings. The minimum Gasteiger partial charge on any atom is -0.466 e. The van der Waals surface area contributed by atoms with Gasteiger partial charge in [0, 0.05) is 25.0 Å². The number of likely N-dealkylation sites (tertiary alicyclic amines) is 1. The zero-order chi connectivity index (χ0) is 20.4. The van der Waals surface area contributed by atoms with E-state index in [2.05, 4.69) is 35.1 Å². The molecule has 1 atom stereocenters. The summed E-state index contributed by atoms with van der Waals surface area (Å²) in [5.74, 6) is -0.425. The Labute approximate surface area is 174 Å². The summed E-state index contributed by atoms with van der Waals surface area (Å²) in [6.45, 7) is 6.06. The fourth-order valence-electron chi connectivity index (χ4n) is 4.04. The Kier molecular flexibility index (Phi) is 5.72. The summed E-state index contributed by atoms with van der Waals surface area (Å²) in [4.78, 5) is 28.6. The van der Waals surface area contributed by atoms with Crippen molar-refractivity contribution in [2.45, 2.75) is 33.2 Å².